The van der Waals surface area contributed by atoms with Crippen molar-refractivity contribution < 1.29 is 18.7 Å². The highest BCUT2D eigenvalue weighted by Gasteiger charge is 2.22. The highest BCUT2D eigenvalue weighted by atomic mass is 32.2. The van der Waals surface area contributed by atoms with Gasteiger partial charge in [-0.15, -0.1) is 11.8 Å². The highest BCUT2D eigenvalue weighted by molar-refractivity contribution is 8.01. The van der Waals surface area contributed by atoms with Gasteiger partial charge in [0.25, 0.3) is 0 Å². The number of amides is 2. The lowest BCUT2D eigenvalue weighted by Gasteiger charge is -2.13. The summed E-state index contributed by atoms with van der Waals surface area (Å²) in [5.41, 5.74) is 7.76. The Labute approximate surface area is 248 Å². The number of thiazole rings is 1. The molecule has 0 saturated carbocycles. The molecule has 0 aliphatic rings. The van der Waals surface area contributed by atoms with Crippen molar-refractivity contribution in [3.8, 4) is 5.75 Å². The van der Waals surface area contributed by atoms with Gasteiger partial charge in [-0.2, -0.15) is 0 Å². The molecule has 0 aliphatic carbocycles. The maximum atomic E-state index is 12.6. The zero-order valence-corrected chi connectivity index (χ0v) is 25.2. The Morgan fingerprint density at radius 1 is 1.05 bits per heavy atom. The van der Waals surface area contributed by atoms with Gasteiger partial charge in [0.15, 0.2) is 5.13 Å². The number of nitrogen functional groups attached to an aromatic ring is 1. The third-order valence-corrected chi connectivity index (χ3v) is 8.11. The second kappa shape index (κ2) is 13.7. The molecule has 0 bridgehead atoms. The van der Waals surface area contributed by atoms with Gasteiger partial charge < -0.3 is 25.5 Å². The maximum absolute atomic E-state index is 12.6. The van der Waals surface area contributed by atoms with Crippen LogP contribution in [-0.2, 0) is 21.4 Å². The van der Waals surface area contributed by atoms with Gasteiger partial charge in [0.05, 0.1) is 46.3 Å². The second-order valence-electron chi connectivity index (χ2n) is 10.5. The van der Waals surface area contributed by atoms with Crippen LogP contribution in [0.5, 0.6) is 5.75 Å². The van der Waals surface area contributed by atoms with Crippen molar-refractivity contribution in [3.05, 3.63) is 78.1 Å². The molecule has 2 amide bonds. The molecule has 0 fully saturated rings. The summed E-state index contributed by atoms with van der Waals surface area (Å²) < 4.78 is 12.6. The van der Waals surface area contributed by atoms with Gasteiger partial charge in [0.2, 0.25) is 17.7 Å². The molecule has 11 heteroatoms. The number of benzene rings is 2. The number of carbonyl (C=O) groups is 2. The number of aromatic nitrogens is 2. The predicted molar refractivity (Wildman–Crippen MR) is 165 cm³/mol. The SMILES string of the molecule is CC(Sc1cnc(NC(=O)Cc2ccc(OCCCC(=O)Nc3ccccc3N)cc2)s1)c1ncc(C(C)(C)C)o1. The smallest absolute Gasteiger partial charge is 0.230 e. The largest absolute Gasteiger partial charge is 0.494 e. The van der Waals surface area contributed by atoms with Gasteiger partial charge >= 0.3 is 0 Å². The van der Waals surface area contributed by atoms with Crippen LogP contribution >= 0.6 is 23.1 Å². The van der Waals surface area contributed by atoms with Gasteiger partial charge in [-0.3, -0.25) is 9.59 Å². The molecule has 2 heterocycles. The molecular formula is C30H35N5O4S2. The Balaban J connectivity index is 1.17. The average molecular weight is 594 g/mol. The maximum Gasteiger partial charge on any atom is 0.230 e. The molecule has 4 rings (SSSR count). The summed E-state index contributed by atoms with van der Waals surface area (Å²) in [5.74, 6) is 1.94. The Kier molecular flexibility index (Phi) is 10.1. The van der Waals surface area contributed by atoms with Gasteiger partial charge in [-0.25, -0.2) is 9.97 Å². The number of para-hydroxylation sites is 2. The first kappa shape index (κ1) is 30.1. The van der Waals surface area contributed by atoms with Crippen LogP contribution in [0.4, 0.5) is 16.5 Å². The van der Waals surface area contributed by atoms with Crippen LogP contribution < -0.4 is 21.1 Å². The first-order chi connectivity index (χ1) is 19.6. The summed E-state index contributed by atoms with van der Waals surface area (Å²) in [7, 11) is 0. The zero-order chi connectivity index (χ0) is 29.4. The number of hydrogen-bond donors (Lipinski definition) is 3. The number of ether oxygens (including phenoxy) is 1. The summed E-state index contributed by atoms with van der Waals surface area (Å²) in [5, 5.41) is 6.24. The Morgan fingerprint density at radius 2 is 1.80 bits per heavy atom. The van der Waals surface area contributed by atoms with E-state index in [1.54, 1.807) is 36.3 Å². The van der Waals surface area contributed by atoms with Crippen molar-refractivity contribution >= 4 is 51.4 Å². The molecular weight excluding hydrogens is 558 g/mol. The third kappa shape index (κ3) is 9.09. The fourth-order valence-electron chi connectivity index (χ4n) is 3.72. The quantitative estimate of drug-likeness (QED) is 0.0924. The van der Waals surface area contributed by atoms with E-state index in [-0.39, 0.29) is 28.9 Å². The molecule has 1 atom stereocenters. The summed E-state index contributed by atoms with van der Waals surface area (Å²) in [6.07, 6.45) is 4.63. The number of hydrogen-bond acceptors (Lipinski definition) is 9. The Hall–Kier alpha value is -3.83. The normalized spacial score (nSPS) is 12.1. The first-order valence-corrected chi connectivity index (χ1v) is 15.0. The predicted octanol–water partition coefficient (Wildman–Crippen LogP) is 6.84. The molecule has 9 nitrogen and oxygen atoms in total. The van der Waals surface area contributed by atoms with Crippen molar-refractivity contribution in [2.75, 3.05) is 23.0 Å². The van der Waals surface area contributed by atoms with Crippen LogP contribution in [-0.4, -0.2) is 28.4 Å². The Morgan fingerprint density at radius 3 is 2.51 bits per heavy atom. The second-order valence-corrected chi connectivity index (χ2v) is 13.2. The number of rotatable bonds is 12. The topological polar surface area (TPSA) is 132 Å². The van der Waals surface area contributed by atoms with E-state index in [0.29, 0.717) is 47.6 Å². The summed E-state index contributed by atoms with van der Waals surface area (Å²) in [6.45, 7) is 8.70. The number of thioether (sulfide) groups is 1. The number of anilines is 3. The number of nitrogens with zero attached hydrogens (tertiary/aromatic N) is 2. The fourth-order valence-corrected chi connectivity index (χ4v) is 5.82. The number of oxazole rings is 1. The molecule has 4 aromatic rings. The average Bonchev–Trinajstić information content (AvgIpc) is 3.59. The zero-order valence-electron chi connectivity index (χ0n) is 23.6. The summed E-state index contributed by atoms with van der Waals surface area (Å²) in [4.78, 5) is 33.5. The van der Waals surface area contributed by atoms with Crippen molar-refractivity contribution in [2.24, 2.45) is 0 Å². The third-order valence-electron chi connectivity index (χ3n) is 5.97. The molecule has 2 aromatic carbocycles. The van der Waals surface area contributed by atoms with E-state index in [1.165, 1.54) is 11.3 Å². The molecule has 216 valence electrons. The minimum absolute atomic E-state index is 0.0154. The first-order valence-electron chi connectivity index (χ1n) is 13.3. The van der Waals surface area contributed by atoms with Crippen LogP contribution in [0, 0.1) is 0 Å². The van der Waals surface area contributed by atoms with Crippen LogP contribution in [0.15, 0.2) is 69.6 Å². The van der Waals surface area contributed by atoms with Crippen molar-refractivity contribution in [1.82, 2.24) is 9.97 Å². The minimum Gasteiger partial charge on any atom is -0.494 e. The Bertz CT molecular complexity index is 1460. The number of carbonyl (C=O) groups excluding carboxylic acids is 2. The monoisotopic (exact) mass is 593 g/mol. The van der Waals surface area contributed by atoms with Crippen molar-refractivity contribution in [3.63, 3.8) is 0 Å². The van der Waals surface area contributed by atoms with E-state index in [9.17, 15) is 9.59 Å². The van der Waals surface area contributed by atoms with E-state index >= 15 is 0 Å². The molecule has 1 unspecified atom stereocenters. The van der Waals surface area contributed by atoms with Gasteiger partial charge in [-0.1, -0.05) is 56.4 Å². The standard InChI is InChI=1S/C30H35N5O4S2/c1-19(28-32-17-24(39-28)30(2,3)4)40-27-18-33-29(41-27)35-26(37)16-20-11-13-21(14-12-20)38-15-7-10-25(36)34-23-9-6-5-8-22(23)31/h5-6,8-9,11-14,17-19H,7,10,15-16,31H2,1-4H3,(H,34,36)(H,33,35,37). The lowest BCUT2D eigenvalue weighted by atomic mass is 9.94. The minimum atomic E-state index is -0.148. The highest BCUT2D eigenvalue weighted by Crippen LogP contribution is 2.39. The lowest BCUT2D eigenvalue weighted by molar-refractivity contribution is -0.116. The molecule has 4 N–H and O–H groups in total. The van der Waals surface area contributed by atoms with Gasteiger partial charge in [-0.05, 0) is 43.2 Å². The van der Waals surface area contributed by atoms with Crippen molar-refractivity contribution in [2.45, 2.75) is 61.8 Å². The molecule has 0 aliphatic heterocycles. The van der Waals surface area contributed by atoms with E-state index < -0.39 is 0 Å². The number of nitrogens with two attached hydrogens (primary N) is 1. The fraction of sp³-hybridized carbons (Fsp3) is 0.333. The molecule has 2 aromatic heterocycles. The van der Waals surface area contributed by atoms with Crippen molar-refractivity contribution in [1.29, 1.82) is 0 Å². The van der Waals surface area contributed by atoms with Gasteiger partial charge in [0, 0.05) is 11.8 Å². The summed E-state index contributed by atoms with van der Waals surface area (Å²) >= 11 is 3.01. The molecule has 0 radical (unpaired) electrons. The van der Waals surface area contributed by atoms with Crippen LogP contribution in [0.1, 0.15) is 63.0 Å². The van der Waals surface area contributed by atoms with Crippen LogP contribution in [0.3, 0.4) is 0 Å². The van der Waals surface area contributed by atoms with Crippen LogP contribution in [0.25, 0.3) is 0 Å². The van der Waals surface area contributed by atoms with E-state index in [4.69, 9.17) is 14.9 Å². The van der Waals surface area contributed by atoms with E-state index in [1.807, 2.05) is 43.3 Å². The molecule has 41 heavy (non-hydrogen) atoms. The van der Waals surface area contributed by atoms with Gasteiger partial charge in [0.1, 0.15) is 11.5 Å². The number of nitrogens with one attached hydrogen (secondary N) is 2. The van der Waals surface area contributed by atoms with E-state index in [0.717, 1.165) is 15.5 Å². The molecule has 0 saturated heterocycles. The summed E-state index contributed by atoms with van der Waals surface area (Å²) in [6, 6.07) is 14.5. The molecule has 0 spiro atoms. The van der Waals surface area contributed by atoms with Crippen LogP contribution in [0.2, 0.25) is 0 Å². The lowest BCUT2D eigenvalue weighted by Crippen LogP contribution is -2.14. The van der Waals surface area contributed by atoms with E-state index in [2.05, 4.69) is 41.4 Å².